The van der Waals surface area contributed by atoms with Crippen LogP contribution in [0.4, 0.5) is 0 Å². The maximum Gasteiger partial charge on any atom is 0.145 e. The second-order valence-corrected chi connectivity index (χ2v) is 12.2. The number of hydrogen-bond donors (Lipinski definition) is 0. The van der Waals surface area contributed by atoms with Crippen molar-refractivity contribution in [1.82, 2.24) is 24.1 Å². The molecule has 0 bridgehead atoms. The van der Waals surface area contributed by atoms with Crippen molar-refractivity contribution in [3.8, 4) is 45.3 Å². The minimum absolute atomic E-state index is 0.927. The number of benzene rings is 5. The van der Waals surface area contributed by atoms with Gasteiger partial charge in [-0.3, -0.25) is 9.55 Å². The molecule has 5 aromatic carbocycles. The summed E-state index contributed by atoms with van der Waals surface area (Å²) in [5.74, 6) is 0.927. The Kier molecular flexibility index (Phi) is 6.51. The first-order valence-electron chi connectivity index (χ1n) is 16.2. The van der Waals surface area contributed by atoms with Crippen molar-refractivity contribution in [1.29, 1.82) is 0 Å². The summed E-state index contributed by atoms with van der Waals surface area (Å²) in [7, 11) is 0. The van der Waals surface area contributed by atoms with Crippen LogP contribution in [-0.4, -0.2) is 24.1 Å². The molecule has 0 N–H and O–H groups in total. The predicted molar refractivity (Wildman–Crippen MR) is 197 cm³/mol. The number of aromatic nitrogens is 5. The molecule has 9 aromatic rings. The Morgan fingerprint density at radius 3 is 2.02 bits per heavy atom. The molecule has 0 amide bonds. The van der Waals surface area contributed by atoms with Crippen LogP contribution in [0.3, 0.4) is 0 Å². The molecular formula is C43H31N5. The van der Waals surface area contributed by atoms with Gasteiger partial charge in [-0.2, -0.15) is 0 Å². The molecule has 0 fully saturated rings. The van der Waals surface area contributed by atoms with Crippen molar-refractivity contribution in [3.05, 3.63) is 163 Å². The van der Waals surface area contributed by atoms with Gasteiger partial charge in [0.25, 0.3) is 0 Å². The smallest absolute Gasteiger partial charge is 0.145 e. The molecule has 0 saturated carbocycles. The van der Waals surface area contributed by atoms with Gasteiger partial charge in [0.1, 0.15) is 5.82 Å². The lowest BCUT2D eigenvalue weighted by molar-refractivity contribution is 1.04. The van der Waals surface area contributed by atoms with Crippen LogP contribution in [0.15, 0.2) is 152 Å². The lowest BCUT2D eigenvalue weighted by Gasteiger charge is -2.14. The first-order valence-corrected chi connectivity index (χ1v) is 16.2. The lowest BCUT2D eigenvalue weighted by atomic mass is 9.98. The summed E-state index contributed by atoms with van der Waals surface area (Å²) in [5, 5.41) is 3.63. The number of pyridine rings is 2. The third kappa shape index (κ3) is 4.43. The van der Waals surface area contributed by atoms with E-state index in [-0.39, 0.29) is 0 Å². The summed E-state index contributed by atoms with van der Waals surface area (Å²) in [6.45, 7) is 4.44. The number of fused-ring (bicyclic) bond motifs is 4. The number of nitrogens with zero attached hydrogens (tertiary/aromatic N) is 5. The zero-order chi connectivity index (χ0) is 32.2. The molecule has 9 rings (SSSR count). The van der Waals surface area contributed by atoms with Gasteiger partial charge in [0.2, 0.25) is 0 Å². The Balaban J connectivity index is 1.19. The van der Waals surface area contributed by atoms with Crippen LogP contribution in [0.1, 0.15) is 11.3 Å². The van der Waals surface area contributed by atoms with E-state index < -0.39 is 0 Å². The van der Waals surface area contributed by atoms with Gasteiger partial charge < -0.3 is 4.57 Å². The van der Waals surface area contributed by atoms with Crippen LogP contribution in [-0.2, 0) is 0 Å². The van der Waals surface area contributed by atoms with E-state index in [9.17, 15) is 0 Å². The van der Waals surface area contributed by atoms with Crippen molar-refractivity contribution in [2.24, 2.45) is 0 Å². The van der Waals surface area contributed by atoms with Gasteiger partial charge in [-0.05, 0) is 97.6 Å². The van der Waals surface area contributed by atoms with E-state index in [2.05, 4.69) is 143 Å². The molecule has 0 spiro atoms. The van der Waals surface area contributed by atoms with Crippen molar-refractivity contribution in [2.45, 2.75) is 13.8 Å². The van der Waals surface area contributed by atoms with E-state index in [1.165, 1.54) is 32.9 Å². The minimum Gasteiger partial charge on any atom is -0.313 e. The van der Waals surface area contributed by atoms with Crippen LogP contribution in [0.2, 0.25) is 0 Å². The number of rotatable bonds is 5. The van der Waals surface area contributed by atoms with Crippen molar-refractivity contribution < 1.29 is 0 Å². The summed E-state index contributed by atoms with van der Waals surface area (Å²) in [6, 6.07) is 48.9. The van der Waals surface area contributed by atoms with Gasteiger partial charge in [-0.25, -0.2) is 9.97 Å². The largest absolute Gasteiger partial charge is 0.313 e. The summed E-state index contributed by atoms with van der Waals surface area (Å²) >= 11 is 0. The number of aryl methyl sites for hydroxylation is 1. The van der Waals surface area contributed by atoms with E-state index in [1.54, 1.807) is 0 Å². The first kappa shape index (κ1) is 27.9. The predicted octanol–water partition coefficient (Wildman–Crippen LogP) is 10.5. The average Bonchev–Trinajstić information content (AvgIpc) is 3.67. The molecule has 5 nitrogen and oxygen atoms in total. The zero-order valence-electron chi connectivity index (χ0n) is 26.7. The highest BCUT2D eigenvalue weighted by atomic mass is 15.1. The second-order valence-electron chi connectivity index (χ2n) is 12.2. The Morgan fingerprint density at radius 1 is 0.479 bits per heavy atom. The molecule has 4 aromatic heterocycles. The summed E-state index contributed by atoms with van der Waals surface area (Å²) < 4.78 is 4.65. The number of imidazole rings is 1. The monoisotopic (exact) mass is 617 g/mol. The Hall–Kier alpha value is -6.33. The molecule has 4 heterocycles. The van der Waals surface area contributed by atoms with Gasteiger partial charge >= 0.3 is 0 Å². The van der Waals surface area contributed by atoms with Crippen molar-refractivity contribution in [2.75, 3.05) is 0 Å². The van der Waals surface area contributed by atoms with Gasteiger partial charge in [0.15, 0.2) is 0 Å². The molecule has 5 heteroatoms. The fourth-order valence-corrected chi connectivity index (χ4v) is 7.05. The van der Waals surface area contributed by atoms with E-state index in [4.69, 9.17) is 9.97 Å². The SMILES string of the molecule is Cc1c(C)n(-c2ccc(-c3nc4ccccc4n3-c3ccccc3)cc2)c2c1ccc1c(-c3cccc(-c4ccncc4)n3)cccc12. The van der Waals surface area contributed by atoms with Gasteiger partial charge in [0.05, 0.1) is 27.9 Å². The standard InChI is InChI=1S/C43H31N5/c1-28-29(2)47(33-20-18-31(19-21-33)43-46-40-14-6-7-17-41(40)48(43)32-10-4-3-5-11-32)42-34(28)22-23-35-36(12-8-13-37(35)42)39-16-9-15-38(45-39)30-24-26-44-27-25-30/h3-27H,1-2H3. The molecule has 228 valence electrons. The number of para-hydroxylation sites is 3. The molecule has 0 unspecified atom stereocenters. The van der Waals surface area contributed by atoms with Crippen molar-refractivity contribution in [3.63, 3.8) is 0 Å². The highest BCUT2D eigenvalue weighted by molar-refractivity contribution is 6.12. The highest BCUT2D eigenvalue weighted by Gasteiger charge is 2.19. The molecule has 0 atom stereocenters. The first-order chi connectivity index (χ1) is 23.7. The van der Waals surface area contributed by atoms with Gasteiger partial charge in [-0.15, -0.1) is 0 Å². The average molecular weight is 618 g/mol. The molecular weight excluding hydrogens is 587 g/mol. The van der Waals surface area contributed by atoms with Crippen LogP contribution >= 0.6 is 0 Å². The Morgan fingerprint density at radius 2 is 1.19 bits per heavy atom. The van der Waals surface area contributed by atoms with Crippen LogP contribution < -0.4 is 0 Å². The van der Waals surface area contributed by atoms with E-state index in [0.717, 1.165) is 56.3 Å². The molecule has 0 saturated heterocycles. The van der Waals surface area contributed by atoms with Crippen LogP contribution in [0, 0.1) is 13.8 Å². The molecule has 0 aliphatic carbocycles. The fourth-order valence-electron chi connectivity index (χ4n) is 7.05. The molecule has 48 heavy (non-hydrogen) atoms. The van der Waals surface area contributed by atoms with Crippen molar-refractivity contribution >= 4 is 32.7 Å². The second kappa shape index (κ2) is 11.2. The molecule has 0 aliphatic rings. The highest BCUT2D eigenvalue weighted by Crippen LogP contribution is 2.38. The number of hydrogen-bond acceptors (Lipinski definition) is 3. The third-order valence-electron chi connectivity index (χ3n) is 9.50. The zero-order valence-corrected chi connectivity index (χ0v) is 26.7. The summed E-state index contributed by atoms with van der Waals surface area (Å²) in [4.78, 5) is 14.3. The Bertz CT molecular complexity index is 2610. The van der Waals surface area contributed by atoms with E-state index >= 15 is 0 Å². The lowest BCUT2D eigenvalue weighted by Crippen LogP contribution is -1.99. The fraction of sp³-hybridized carbons (Fsp3) is 0.0465. The van der Waals surface area contributed by atoms with Gasteiger partial charge in [-0.1, -0.05) is 66.7 Å². The topological polar surface area (TPSA) is 48.5 Å². The van der Waals surface area contributed by atoms with Gasteiger partial charge in [0, 0.05) is 56.9 Å². The summed E-state index contributed by atoms with van der Waals surface area (Å²) in [5.41, 5.74) is 13.1. The maximum absolute atomic E-state index is 5.09. The van der Waals surface area contributed by atoms with E-state index in [0.29, 0.717) is 0 Å². The van der Waals surface area contributed by atoms with Crippen LogP contribution in [0.5, 0.6) is 0 Å². The minimum atomic E-state index is 0.927. The molecule has 0 aliphatic heterocycles. The van der Waals surface area contributed by atoms with Crippen LogP contribution in [0.25, 0.3) is 78.0 Å². The third-order valence-corrected chi connectivity index (χ3v) is 9.50. The summed E-state index contributed by atoms with van der Waals surface area (Å²) in [6.07, 6.45) is 3.62. The van der Waals surface area contributed by atoms with E-state index in [1.807, 2.05) is 36.7 Å². The molecule has 0 radical (unpaired) electrons. The maximum atomic E-state index is 5.09. The normalized spacial score (nSPS) is 11.5. The quantitative estimate of drug-likeness (QED) is 0.193. The Labute approximate surface area is 278 Å².